The molecule has 9 heteroatoms. The normalized spacial score (nSPS) is 14.5. The van der Waals surface area contributed by atoms with Crippen LogP contribution in [0.5, 0.6) is 5.75 Å². The lowest BCUT2D eigenvalue weighted by Crippen LogP contribution is -2.54. The first-order valence-electron chi connectivity index (χ1n) is 15.6. The van der Waals surface area contributed by atoms with Crippen LogP contribution in [0.25, 0.3) is 0 Å². The standard InChI is InChI=1S/C35H45N3O5S/c1-5-28-12-10-11-15-33(28)38(44(41,42)31-22-16-26(3)17-23-31)25-34(39)37(24-27-18-20-30(43-4)21-19-27)32(6-2)35(40)36-29-13-8-7-9-14-29/h10-12,15-23,29,32H,5-9,13-14,24-25H2,1-4H3,(H,36,40)/t32-/m1/s1. The second-order valence-electron chi connectivity index (χ2n) is 11.4. The number of para-hydroxylation sites is 1. The van der Waals surface area contributed by atoms with Crippen molar-refractivity contribution in [2.45, 2.75) is 89.2 Å². The molecule has 0 aromatic heterocycles. The fourth-order valence-electron chi connectivity index (χ4n) is 5.80. The number of nitrogens with zero attached hydrogens (tertiary/aromatic N) is 2. The van der Waals surface area contributed by atoms with Crippen LogP contribution in [0.2, 0.25) is 0 Å². The highest BCUT2D eigenvalue weighted by molar-refractivity contribution is 7.92. The molecule has 1 aliphatic carbocycles. The molecule has 0 heterocycles. The van der Waals surface area contributed by atoms with Crippen molar-refractivity contribution in [1.29, 1.82) is 0 Å². The van der Waals surface area contributed by atoms with E-state index in [4.69, 9.17) is 4.74 Å². The third-order valence-electron chi connectivity index (χ3n) is 8.38. The molecule has 0 unspecified atom stereocenters. The molecule has 2 amide bonds. The third kappa shape index (κ3) is 8.00. The van der Waals surface area contributed by atoms with Gasteiger partial charge in [0.25, 0.3) is 10.0 Å². The number of nitrogens with one attached hydrogen (secondary N) is 1. The minimum absolute atomic E-state index is 0.0816. The molecular formula is C35H45N3O5S. The third-order valence-corrected chi connectivity index (χ3v) is 10.2. The number of methoxy groups -OCH3 is 1. The van der Waals surface area contributed by atoms with Crippen LogP contribution in [0.3, 0.4) is 0 Å². The summed E-state index contributed by atoms with van der Waals surface area (Å²) in [7, 11) is -2.53. The lowest BCUT2D eigenvalue weighted by atomic mass is 9.95. The topological polar surface area (TPSA) is 96.0 Å². The average Bonchev–Trinajstić information content (AvgIpc) is 3.04. The molecule has 1 fully saturated rings. The molecular weight excluding hydrogens is 574 g/mol. The van der Waals surface area contributed by atoms with Gasteiger partial charge >= 0.3 is 0 Å². The highest BCUT2D eigenvalue weighted by Gasteiger charge is 2.35. The van der Waals surface area contributed by atoms with Gasteiger partial charge in [-0.1, -0.05) is 81.1 Å². The number of aryl methyl sites for hydroxylation is 2. The number of sulfonamides is 1. The van der Waals surface area contributed by atoms with Crippen molar-refractivity contribution in [3.8, 4) is 5.75 Å². The van der Waals surface area contributed by atoms with Gasteiger partial charge in [-0.2, -0.15) is 0 Å². The first-order chi connectivity index (χ1) is 21.2. The molecule has 1 saturated carbocycles. The number of hydrogen-bond acceptors (Lipinski definition) is 5. The summed E-state index contributed by atoms with van der Waals surface area (Å²) in [5, 5.41) is 3.19. The minimum atomic E-state index is -4.12. The lowest BCUT2D eigenvalue weighted by Gasteiger charge is -2.35. The monoisotopic (exact) mass is 619 g/mol. The Morgan fingerprint density at radius 3 is 2.20 bits per heavy atom. The number of amides is 2. The van der Waals surface area contributed by atoms with Gasteiger partial charge in [0.15, 0.2) is 0 Å². The van der Waals surface area contributed by atoms with Crippen molar-refractivity contribution in [2.24, 2.45) is 0 Å². The van der Waals surface area contributed by atoms with Crippen LogP contribution in [0.15, 0.2) is 77.7 Å². The van der Waals surface area contributed by atoms with Crippen LogP contribution in [-0.4, -0.2) is 50.9 Å². The van der Waals surface area contributed by atoms with E-state index >= 15 is 0 Å². The highest BCUT2D eigenvalue weighted by Crippen LogP contribution is 2.29. The van der Waals surface area contributed by atoms with E-state index in [2.05, 4.69) is 5.32 Å². The van der Waals surface area contributed by atoms with Crippen molar-refractivity contribution >= 4 is 27.5 Å². The highest BCUT2D eigenvalue weighted by atomic mass is 32.2. The van der Waals surface area contributed by atoms with Gasteiger partial charge in [-0.05, 0) is 74.1 Å². The summed E-state index contributed by atoms with van der Waals surface area (Å²) < 4.78 is 34.9. The van der Waals surface area contributed by atoms with Gasteiger partial charge in [0.2, 0.25) is 11.8 Å². The molecule has 4 rings (SSSR count). The molecule has 1 N–H and O–H groups in total. The van der Waals surface area contributed by atoms with Gasteiger partial charge < -0.3 is 15.0 Å². The predicted octanol–water partition coefficient (Wildman–Crippen LogP) is 6.02. The van der Waals surface area contributed by atoms with Crippen LogP contribution in [-0.2, 0) is 32.6 Å². The molecule has 0 aliphatic heterocycles. The maximum atomic E-state index is 14.4. The second-order valence-corrected chi connectivity index (χ2v) is 13.3. The summed E-state index contributed by atoms with van der Waals surface area (Å²) in [5.41, 5.74) is 3.00. The molecule has 3 aromatic rings. The number of carbonyl (C=O) groups is 2. The maximum Gasteiger partial charge on any atom is 0.264 e. The van der Waals surface area contributed by atoms with Crippen molar-refractivity contribution in [3.63, 3.8) is 0 Å². The van der Waals surface area contributed by atoms with E-state index in [0.717, 1.165) is 48.8 Å². The van der Waals surface area contributed by atoms with E-state index in [-0.39, 0.29) is 23.4 Å². The van der Waals surface area contributed by atoms with Crippen LogP contribution in [0, 0.1) is 6.92 Å². The van der Waals surface area contributed by atoms with Crippen molar-refractivity contribution < 1.29 is 22.7 Å². The maximum absolute atomic E-state index is 14.4. The molecule has 1 aliphatic rings. The Labute approximate surface area is 262 Å². The summed E-state index contributed by atoms with van der Waals surface area (Å²) in [5.74, 6) is 0.0245. The van der Waals surface area contributed by atoms with Crippen LogP contribution >= 0.6 is 0 Å². The van der Waals surface area contributed by atoms with Gasteiger partial charge in [-0.3, -0.25) is 13.9 Å². The Morgan fingerprint density at radius 2 is 1.59 bits per heavy atom. The molecule has 8 nitrogen and oxygen atoms in total. The molecule has 236 valence electrons. The number of ether oxygens (including phenoxy) is 1. The van der Waals surface area contributed by atoms with E-state index < -0.39 is 28.5 Å². The Balaban J connectivity index is 1.73. The van der Waals surface area contributed by atoms with Crippen molar-refractivity contribution in [2.75, 3.05) is 18.0 Å². The second kappa shape index (κ2) is 15.2. The summed E-state index contributed by atoms with van der Waals surface area (Å²) in [6.45, 7) is 5.43. The number of hydrogen-bond donors (Lipinski definition) is 1. The largest absolute Gasteiger partial charge is 0.497 e. The number of carbonyl (C=O) groups excluding carboxylic acids is 2. The summed E-state index contributed by atoms with van der Waals surface area (Å²) >= 11 is 0. The molecule has 1 atom stereocenters. The first kappa shape index (κ1) is 33.1. The van der Waals surface area contributed by atoms with Gasteiger partial charge in [-0.25, -0.2) is 8.42 Å². The Morgan fingerprint density at radius 1 is 0.932 bits per heavy atom. The van der Waals surface area contributed by atoms with Crippen molar-refractivity contribution in [3.05, 3.63) is 89.5 Å². The van der Waals surface area contributed by atoms with E-state index in [0.29, 0.717) is 24.3 Å². The van der Waals surface area contributed by atoms with E-state index in [1.54, 1.807) is 43.5 Å². The summed E-state index contributed by atoms with van der Waals surface area (Å²) in [4.78, 5) is 29.8. The van der Waals surface area contributed by atoms with Gasteiger partial charge in [0, 0.05) is 12.6 Å². The number of rotatable bonds is 13. The van der Waals surface area contributed by atoms with Crippen LogP contribution < -0.4 is 14.4 Å². The number of anilines is 1. The molecule has 0 radical (unpaired) electrons. The van der Waals surface area contributed by atoms with Gasteiger partial charge in [0.05, 0.1) is 17.7 Å². The zero-order chi connectivity index (χ0) is 31.7. The zero-order valence-electron chi connectivity index (χ0n) is 26.3. The summed E-state index contributed by atoms with van der Waals surface area (Å²) in [6, 6.07) is 20.5. The SMILES string of the molecule is CCc1ccccc1N(CC(=O)N(Cc1ccc(OC)cc1)[C@H](CC)C(=O)NC1CCCCC1)S(=O)(=O)c1ccc(C)cc1. The first-order valence-corrected chi connectivity index (χ1v) is 17.0. The zero-order valence-corrected chi connectivity index (χ0v) is 27.1. The Hall–Kier alpha value is -3.85. The van der Waals surface area contributed by atoms with Crippen molar-refractivity contribution in [1.82, 2.24) is 10.2 Å². The van der Waals surface area contributed by atoms with E-state index in [1.165, 1.54) is 9.21 Å². The lowest BCUT2D eigenvalue weighted by molar-refractivity contribution is -0.140. The van der Waals surface area contributed by atoms with E-state index in [9.17, 15) is 18.0 Å². The fraction of sp³-hybridized carbons (Fsp3) is 0.429. The Kier molecular flexibility index (Phi) is 11.4. The Bertz CT molecular complexity index is 1500. The molecule has 3 aromatic carbocycles. The quantitative estimate of drug-likeness (QED) is 0.253. The van der Waals surface area contributed by atoms with Crippen LogP contribution in [0.1, 0.15) is 69.1 Å². The summed E-state index contributed by atoms with van der Waals surface area (Å²) in [6.07, 6.45) is 6.11. The van der Waals surface area contributed by atoms with E-state index in [1.807, 2.05) is 57.2 Å². The van der Waals surface area contributed by atoms with Gasteiger partial charge in [0.1, 0.15) is 18.3 Å². The molecule has 0 saturated heterocycles. The fourth-order valence-corrected chi connectivity index (χ4v) is 7.25. The molecule has 44 heavy (non-hydrogen) atoms. The number of benzene rings is 3. The molecule has 0 spiro atoms. The predicted molar refractivity (Wildman–Crippen MR) is 174 cm³/mol. The smallest absolute Gasteiger partial charge is 0.264 e. The van der Waals surface area contributed by atoms with Gasteiger partial charge in [-0.15, -0.1) is 0 Å². The minimum Gasteiger partial charge on any atom is -0.497 e. The van der Waals surface area contributed by atoms with Crippen LogP contribution in [0.4, 0.5) is 5.69 Å². The molecule has 0 bridgehead atoms. The average molecular weight is 620 g/mol.